The molecule has 8 nitrogen and oxygen atoms in total. The van der Waals surface area contributed by atoms with Crippen LogP contribution >= 0.6 is 0 Å². The van der Waals surface area contributed by atoms with Crippen molar-refractivity contribution in [3.63, 3.8) is 0 Å². The van der Waals surface area contributed by atoms with E-state index in [0.29, 0.717) is 24.5 Å². The molecular formula is C24H32N4O4. The monoisotopic (exact) mass is 440 g/mol. The van der Waals surface area contributed by atoms with E-state index in [1.54, 1.807) is 19.1 Å². The van der Waals surface area contributed by atoms with Gasteiger partial charge in [-0.1, -0.05) is 17.7 Å². The fraction of sp³-hybridized carbons (Fsp3) is 0.417. The van der Waals surface area contributed by atoms with E-state index < -0.39 is 0 Å². The molecule has 1 heterocycles. The van der Waals surface area contributed by atoms with E-state index in [2.05, 4.69) is 16.0 Å². The number of amides is 4. The second-order valence-corrected chi connectivity index (χ2v) is 8.17. The molecule has 3 rings (SSSR count). The van der Waals surface area contributed by atoms with Crippen molar-refractivity contribution in [2.24, 2.45) is 0 Å². The third kappa shape index (κ3) is 5.43. The summed E-state index contributed by atoms with van der Waals surface area (Å²) in [5.74, 6) is 1.23. The van der Waals surface area contributed by atoms with E-state index in [-0.39, 0.29) is 30.7 Å². The standard InChI is InChI=1S/C24H32N4O4/c1-15(2)26-23(29)25-14-20-19-13-22(32-5)21(31-4)12-17(19)10-11-28(20)24(30)27-18-8-6-16(3)7-9-18/h6-9,12-13,15,20H,10-11,14H2,1-5H3,(H,27,30)(H2,25,26,29). The zero-order valence-electron chi connectivity index (χ0n) is 19.3. The molecule has 172 valence electrons. The van der Waals surface area contributed by atoms with Crippen LogP contribution in [-0.2, 0) is 6.42 Å². The first-order chi connectivity index (χ1) is 15.3. The summed E-state index contributed by atoms with van der Waals surface area (Å²) in [4.78, 5) is 27.2. The lowest BCUT2D eigenvalue weighted by Gasteiger charge is -2.38. The summed E-state index contributed by atoms with van der Waals surface area (Å²) in [6.45, 7) is 6.57. The van der Waals surface area contributed by atoms with Gasteiger partial charge in [0.2, 0.25) is 0 Å². The third-order valence-electron chi connectivity index (χ3n) is 5.44. The number of aryl methyl sites for hydroxylation is 1. The fourth-order valence-electron chi connectivity index (χ4n) is 3.83. The van der Waals surface area contributed by atoms with Crippen LogP contribution in [0.4, 0.5) is 15.3 Å². The highest BCUT2D eigenvalue weighted by Crippen LogP contribution is 2.38. The minimum absolute atomic E-state index is 0.0129. The first-order valence-corrected chi connectivity index (χ1v) is 10.8. The number of nitrogens with zero attached hydrogens (tertiary/aromatic N) is 1. The Balaban J connectivity index is 1.88. The summed E-state index contributed by atoms with van der Waals surface area (Å²) >= 11 is 0. The second kappa shape index (κ2) is 10.3. The Kier molecular flexibility index (Phi) is 7.45. The highest BCUT2D eigenvalue weighted by atomic mass is 16.5. The SMILES string of the molecule is COc1cc2c(cc1OC)C(CNC(=O)NC(C)C)N(C(=O)Nc1ccc(C)cc1)CC2. The molecular weight excluding hydrogens is 408 g/mol. The van der Waals surface area contributed by atoms with Crippen molar-refractivity contribution >= 4 is 17.7 Å². The minimum atomic E-state index is -0.359. The smallest absolute Gasteiger partial charge is 0.322 e. The van der Waals surface area contributed by atoms with Gasteiger partial charge in [-0.2, -0.15) is 0 Å². The Hall–Kier alpha value is -3.42. The van der Waals surface area contributed by atoms with Gasteiger partial charge >= 0.3 is 12.1 Å². The first-order valence-electron chi connectivity index (χ1n) is 10.8. The van der Waals surface area contributed by atoms with Gasteiger partial charge in [-0.05, 0) is 62.6 Å². The summed E-state index contributed by atoms with van der Waals surface area (Å²) in [6, 6.07) is 10.7. The average molecular weight is 441 g/mol. The van der Waals surface area contributed by atoms with Crippen molar-refractivity contribution in [1.82, 2.24) is 15.5 Å². The van der Waals surface area contributed by atoms with Gasteiger partial charge in [-0.3, -0.25) is 0 Å². The molecule has 8 heteroatoms. The molecule has 2 aromatic rings. The molecule has 0 bridgehead atoms. The largest absolute Gasteiger partial charge is 0.493 e. The highest BCUT2D eigenvalue weighted by Gasteiger charge is 2.32. The molecule has 0 aliphatic carbocycles. The number of anilines is 1. The third-order valence-corrected chi connectivity index (χ3v) is 5.44. The lowest BCUT2D eigenvalue weighted by Crippen LogP contribution is -2.49. The minimum Gasteiger partial charge on any atom is -0.493 e. The van der Waals surface area contributed by atoms with E-state index in [4.69, 9.17) is 9.47 Å². The van der Waals surface area contributed by atoms with Crippen LogP contribution in [0.2, 0.25) is 0 Å². The number of carbonyl (C=O) groups excluding carboxylic acids is 2. The molecule has 1 atom stereocenters. The normalized spacial score (nSPS) is 15.1. The van der Waals surface area contributed by atoms with E-state index in [9.17, 15) is 9.59 Å². The molecule has 2 aromatic carbocycles. The van der Waals surface area contributed by atoms with Gasteiger partial charge in [-0.15, -0.1) is 0 Å². The first kappa shape index (κ1) is 23.2. The van der Waals surface area contributed by atoms with Gasteiger partial charge in [0.05, 0.1) is 20.3 Å². The van der Waals surface area contributed by atoms with E-state index in [1.165, 1.54) is 0 Å². The van der Waals surface area contributed by atoms with Crippen LogP contribution < -0.4 is 25.4 Å². The fourth-order valence-corrected chi connectivity index (χ4v) is 3.83. The second-order valence-electron chi connectivity index (χ2n) is 8.17. The molecule has 0 radical (unpaired) electrons. The number of carbonyl (C=O) groups is 2. The maximum Gasteiger partial charge on any atom is 0.322 e. The number of benzene rings is 2. The number of ether oxygens (including phenoxy) is 2. The number of nitrogens with one attached hydrogen (secondary N) is 3. The van der Waals surface area contributed by atoms with Gasteiger partial charge in [0.1, 0.15) is 0 Å². The van der Waals surface area contributed by atoms with E-state index in [1.807, 2.05) is 57.2 Å². The van der Waals surface area contributed by atoms with Crippen LogP contribution in [0.5, 0.6) is 11.5 Å². The van der Waals surface area contributed by atoms with Gasteiger partial charge in [0.15, 0.2) is 11.5 Å². The Bertz CT molecular complexity index is 959. The predicted molar refractivity (Wildman–Crippen MR) is 125 cm³/mol. The number of methoxy groups -OCH3 is 2. The maximum atomic E-state index is 13.2. The Morgan fingerprint density at radius 1 is 1.09 bits per heavy atom. The molecule has 1 aliphatic heterocycles. The summed E-state index contributed by atoms with van der Waals surface area (Å²) in [7, 11) is 3.18. The van der Waals surface area contributed by atoms with Crippen molar-refractivity contribution in [3.05, 3.63) is 53.1 Å². The molecule has 1 aliphatic rings. The molecule has 0 aromatic heterocycles. The lowest BCUT2D eigenvalue weighted by atomic mass is 9.92. The van der Waals surface area contributed by atoms with Crippen LogP contribution in [0.15, 0.2) is 36.4 Å². The van der Waals surface area contributed by atoms with Crippen LogP contribution in [0.25, 0.3) is 0 Å². The summed E-state index contributed by atoms with van der Waals surface area (Å²) in [5.41, 5.74) is 3.84. The molecule has 0 saturated heterocycles. The molecule has 3 N–H and O–H groups in total. The van der Waals surface area contributed by atoms with Crippen molar-refractivity contribution in [2.45, 2.75) is 39.3 Å². The molecule has 0 fully saturated rings. The summed E-state index contributed by atoms with van der Waals surface area (Å²) < 4.78 is 10.9. The van der Waals surface area contributed by atoms with Gasteiger partial charge in [-0.25, -0.2) is 9.59 Å². The van der Waals surface area contributed by atoms with Crippen LogP contribution in [0.1, 0.15) is 36.6 Å². The quantitative estimate of drug-likeness (QED) is 0.636. The van der Waals surface area contributed by atoms with Crippen LogP contribution in [0, 0.1) is 6.92 Å². The van der Waals surface area contributed by atoms with Gasteiger partial charge in [0, 0.05) is 24.8 Å². The van der Waals surface area contributed by atoms with Crippen molar-refractivity contribution in [3.8, 4) is 11.5 Å². The zero-order chi connectivity index (χ0) is 23.3. The Morgan fingerprint density at radius 3 is 2.38 bits per heavy atom. The number of rotatable bonds is 6. The summed E-state index contributed by atoms with van der Waals surface area (Å²) in [6.07, 6.45) is 0.672. The zero-order valence-corrected chi connectivity index (χ0v) is 19.3. The topological polar surface area (TPSA) is 91.9 Å². The predicted octanol–water partition coefficient (Wildman–Crippen LogP) is 3.85. The van der Waals surface area contributed by atoms with Crippen molar-refractivity contribution in [1.29, 1.82) is 0 Å². The molecule has 0 spiro atoms. The Morgan fingerprint density at radius 2 is 1.75 bits per heavy atom. The Labute approximate surface area is 189 Å². The highest BCUT2D eigenvalue weighted by molar-refractivity contribution is 5.90. The van der Waals surface area contributed by atoms with Crippen molar-refractivity contribution in [2.75, 3.05) is 32.6 Å². The van der Waals surface area contributed by atoms with Crippen molar-refractivity contribution < 1.29 is 19.1 Å². The summed E-state index contributed by atoms with van der Waals surface area (Å²) in [5, 5.41) is 8.70. The van der Waals surface area contributed by atoms with E-state index in [0.717, 1.165) is 22.4 Å². The molecule has 0 saturated carbocycles. The number of hydrogen-bond donors (Lipinski definition) is 3. The van der Waals surface area contributed by atoms with Gasteiger partial charge < -0.3 is 30.3 Å². The van der Waals surface area contributed by atoms with E-state index >= 15 is 0 Å². The lowest BCUT2D eigenvalue weighted by molar-refractivity contribution is 0.179. The van der Waals surface area contributed by atoms with Crippen LogP contribution in [-0.4, -0.2) is 50.3 Å². The molecule has 4 amide bonds. The molecule has 32 heavy (non-hydrogen) atoms. The van der Waals surface area contributed by atoms with Gasteiger partial charge in [0.25, 0.3) is 0 Å². The number of urea groups is 2. The average Bonchev–Trinajstić information content (AvgIpc) is 2.77. The number of fused-ring (bicyclic) bond motifs is 1. The maximum absolute atomic E-state index is 13.2. The molecule has 1 unspecified atom stereocenters. The van der Waals surface area contributed by atoms with Crippen LogP contribution in [0.3, 0.4) is 0 Å². The number of hydrogen-bond acceptors (Lipinski definition) is 4.